The molecule has 0 spiro atoms. The molecule has 4 rings (SSSR count). The second-order valence-electron chi connectivity index (χ2n) is 11.6. The molecule has 0 nitrogen and oxygen atoms in total. The average molecular weight is 393 g/mol. The second kappa shape index (κ2) is 7.90. The summed E-state index contributed by atoms with van der Waals surface area (Å²) in [6, 6.07) is 0. The summed E-state index contributed by atoms with van der Waals surface area (Å²) in [7, 11) is 0. The highest BCUT2D eigenvalue weighted by atomic mass is 14.6. The van der Waals surface area contributed by atoms with Crippen LogP contribution in [0.3, 0.4) is 0 Å². The highest BCUT2D eigenvalue weighted by Gasteiger charge is 2.53. The Morgan fingerprint density at radius 1 is 1.07 bits per heavy atom. The summed E-state index contributed by atoms with van der Waals surface area (Å²) >= 11 is 0. The number of hydrogen-bond donors (Lipinski definition) is 0. The first-order valence-corrected chi connectivity index (χ1v) is 12.6. The van der Waals surface area contributed by atoms with Gasteiger partial charge in [0, 0.05) is 5.41 Å². The van der Waals surface area contributed by atoms with Crippen LogP contribution in [-0.4, -0.2) is 0 Å². The molecule has 4 aliphatic rings. The molecule has 1 saturated carbocycles. The van der Waals surface area contributed by atoms with Gasteiger partial charge in [0.25, 0.3) is 0 Å². The molecule has 0 bridgehead atoms. The molecular weight excluding hydrogens is 348 g/mol. The molecule has 0 aromatic rings. The van der Waals surface area contributed by atoms with Gasteiger partial charge in [0.1, 0.15) is 0 Å². The monoisotopic (exact) mass is 392 g/mol. The van der Waals surface area contributed by atoms with Crippen LogP contribution in [0.25, 0.3) is 0 Å². The summed E-state index contributed by atoms with van der Waals surface area (Å²) in [4.78, 5) is 0. The summed E-state index contributed by atoms with van der Waals surface area (Å²) in [5.41, 5.74) is 5.87. The Hall–Kier alpha value is -1.04. The van der Waals surface area contributed by atoms with Crippen molar-refractivity contribution >= 4 is 0 Å². The minimum Gasteiger partial charge on any atom is -0.0833 e. The topological polar surface area (TPSA) is 0 Å². The molecule has 0 heterocycles. The Labute approximate surface area is 180 Å². The molecular formula is C29H44. The van der Waals surface area contributed by atoms with Crippen molar-refractivity contribution in [1.82, 2.24) is 0 Å². The molecule has 29 heavy (non-hydrogen) atoms. The van der Waals surface area contributed by atoms with Gasteiger partial charge < -0.3 is 0 Å². The predicted octanol–water partition coefficient (Wildman–Crippen LogP) is 8.67. The van der Waals surface area contributed by atoms with Gasteiger partial charge in [0.2, 0.25) is 0 Å². The molecule has 0 unspecified atom stereocenters. The fraction of sp³-hybridized carbons (Fsp3) is 0.724. The number of rotatable bonds is 6. The van der Waals surface area contributed by atoms with Crippen molar-refractivity contribution in [2.24, 2.45) is 40.4 Å². The van der Waals surface area contributed by atoms with Gasteiger partial charge in [-0.05, 0) is 84.7 Å². The molecule has 4 aliphatic carbocycles. The van der Waals surface area contributed by atoms with Crippen molar-refractivity contribution in [3.63, 3.8) is 0 Å². The first-order valence-electron chi connectivity index (χ1n) is 12.6. The van der Waals surface area contributed by atoms with Crippen LogP contribution < -0.4 is 0 Å². The maximum absolute atomic E-state index is 2.66. The Bertz CT molecular complexity index is 744. The van der Waals surface area contributed by atoms with Gasteiger partial charge in [-0.15, -0.1) is 0 Å². The Balaban J connectivity index is 1.53. The molecule has 1 fully saturated rings. The van der Waals surface area contributed by atoms with E-state index in [2.05, 4.69) is 71.9 Å². The van der Waals surface area contributed by atoms with Crippen molar-refractivity contribution in [3.05, 3.63) is 47.1 Å². The van der Waals surface area contributed by atoms with Crippen LogP contribution in [0.4, 0.5) is 0 Å². The zero-order valence-corrected chi connectivity index (χ0v) is 19.9. The van der Waals surface area contributed by atoms with Crippen LogP contribution in [0.5, 0.6) is 0 Å². The highest BCUT2D eigenvalue weighted by Crippen LogP contribution is 2.63. The molecule has 160 valence electrons. The Morgan fingerprint density at radius 2 is 1.86 bits per heavy atom. The molecule has 0 heteroatoms. The molecule has 0 aromatic heterocycles. The lowest BCUT2D eigenvalue weighted by Crippen LogP contribution is -2.39. The zero-order chi connectivity index (χ0) is 20.8. The van der Waals surface area contributed by atoms with Crippen molar-refractivity contribution < 1.29 is 0 Å². The summed E-state index contributed by atoms with van der Waals surface area (Å²) in [6.45, 7) is 15.0. The first kappa shape index (κ1) is 21.2. The first-order chi connectivity index (χ1) is 13.8. The van der Waals surface area contributed by atoms with E-state index in [9.17, 15) is 0 Å². The summed E-state index contributed by atoms with van der Waals surface area (Å²) in [5.74, 6) is 4.33. The zero-order valence-electron chi connectivity index (χ0n) is 19.9. The fourth-order valence-corrected chi connectivity index (χ4v) is 7.81. The van der Waals surface area contributed by atoms with E-state index < -0.39 is 0 Å². The summed E-state index contributed by atoms with van der Waals surface area (Å²) in [6.07, 6.45) is 23.0. The second-order valence-corrected chi connectivity index (χ2v) is 11.6. The van der Waals surface area contributed by atoms with Gasteiger partial charge in [-0.3, -0.25) is 0 Å². The Kier molecular flexibility index (Phi) is 5.77. The van der Waals surface area contributed by atoms with Crippen molar-refractivity contribution in [3.8, 4) is 0 Å². The minimum atomic E-state index is 0.273. The highest BCUT2D eigenvalue weighted by molar-refractivity contribution is 5.53. The number of allylic oxidation sites excluding steroid dienone is 8. The molecule has 0 radical (unpaired) electrons. The standard InChI is InChI=1S/C29H44/c1-7-22(20(2)3)12-11-21(4)25-15-16-26-24-14-13-23-10-8-9-18-28(23,5)27(24)17-19-29(25,26)6/h8-10,13-14,20-22,25-26H,7,11-12,15-19H2,1-6H3/t21-,22-,25-,26+,28+,29-/m1/s1. The van der Waals surface area contributed by atoms with Crippen molar-refractivity contribution in [1.29, 1.82) is 0 Å². The maximum Gasteiger partial charge on any atom is 0.0174 e. The fourth-order valence-electron chi connectivity index (χ4n) is 7.81. The number of fused-ring (bicyclic) bond motifs is 4. The van der Waals surface area contributed by atoms with Gasteiger partial charge >= 0.3 is 0 Å². The van der Waals surface area contributed by atoms with E-state index in [1.54, 1.807) is 16.7 Å². The van der Waals surface area contributed by atoms with E-state index in [1.165, 1.54) is 51.4 Å². The van der Waals surface area contributed by atoms with Gasteiger partial charge in [0.15, 0.2) is 0 Å². The summed E-state index contributed by atoms with van der Waals surface area (Å²) < 4.78 is 0. The average Bonchev–Trinajstić information content (AvgIpc) is 3.05. The van der Waals surface area contributed by atoms with Gasteiger partial charge in [0.05, 0.1) is 0 Å². The molecule has 0 aromatic carbocycles. The maximum atomic E-state index is 2.66. The lowest BCUT2D eigenvalue weighted by molar-refractivity contribution is 0.0973. The molecule has 0 N–H and O–H groups in total. The van der Waals surface area contributed by atoms with Crippen LogP contribution in [-0.2, 0) is 0 Å². The quantitative estimate of drug-likeness (QED) is 0.424. The molecule has 6 atom stereocenters. The molecule has 0 amide bonds. The van der Waals surface area contributed by atoms with E-state index in [1.807, 2.05) is 0 Å². The van der Waals surface area contributed by atoms with E-state index in [0.717, 1.165) is 29.6 Å². The van der Waals surface area contributed by atoms with Gasteiger partial charge in [-0.2, -0.15) is 0 Å². The van der Waals surface area contributed by atoms with Crippen molar-refractivity contribution in [2.45, 2.75) is 92.9 Å². The number of hydrogen-bond acceptors (Lipinski definition) is 0. The van der Waals surface area contributed by atoms with Crippen LogP contribution in [0, 0.1) is 40.4 Å². The van der Waals surface area contributed by atoms with E-state index in [4.69, 9.17) is 0 Å². The normalized spacial score (nSPS) is 37.8. The van der Waals surface area contributed by atoms with Gasteiger partial charge in [-0.25, -0.2) is 0 Å². The lowest BCUT2D eigenvalue weighted by atomic mass is 9.55. The van der Waals surface area contributed by atoms with E-state index in [0.29, 0.717) is 5.41 Å². The van der Waals surface area contributed by atoms with Gasteiger partial charge in [-0.1, -0.05) is 90.3 Å². The third-order valence-corrected chi connectivity index (χ3v) is 9.88. The molecule has 0 saturated heterocycles. The van der Waals surface area contributed by atoms with E-state index >= 15 is 0 Å². The third-order valence-electron chi connectivity index (χ3n) is 9.88. The SMILES string of the molecule is CC[C@H](CC[C@@H](C)[C@H]1CC[C@H]2C3=C(CC[C@]12C)[C@@]1(C)CC=CC=C1C=C3)C(C)C. The largest absolute Gasteiger partial charge is 0.0833 e. The summed E-state index contributed by atoms with van der Waals surface area (Å²) in [5, 5.41) is 0. The third kappa shape index (κ3) is 3.43. The minimum absolute atomic E-state index is 0.273. The van der Waals surface area contributed by atoms with Crippen molar-refractivity contribution in [2.75, 3.05) is 0 Å². The van der Waals surface area contributed by atoms with Crippen LogP contribution in [0.15, 0.2) is 47.1 Å². The van der Waals surface area contributed by atoms with E-state index in [-0.39, 0.29) is 5.41 Å². The van der Waals surface area contributed by atoms with Crippen LogP contribution in [0.1, 0.15) is 92.9 Å². The molecule has 0 aliphatic heterocycles. The van der Waals surface area contributed by atoms with Crippen LogP contribution in [0.2, 0.25) is 0 Å². The predicted molar refractivity (Wildman–Crippen MR) is 127 cm³/mol. The Morgan fingerprint density at radius 3 is 2.59 bits per heavy atom. The smallest absolute Gasteiger partial charge is 0.0174 e. The van der Waals surface area contributed by atoms with Crippen LogP contribution >= 0.6 is 0 Å². The lowest BCUT2D eigenvalue weighted by Gasteiger charge is -2.50.